The largest absolute Gasteiger partial charge is 0.355 e. The van der Waals surface area contributed by atoms with Crippen molar-refractivity contribution < 1.29 is 0 Å². The van der Waals surface area contributed by atoms with Gasteiger partial charge in [-0.3, -0.25) is 4.99 Å². The molecule has 0 radical (unpaired) electrons. The van der Waals surface area contributed by atoms with Crippen LogP contribution in [0.4, 0.5) is 0 Å². The van der Waals surface area contributed by atoms with E-state index in [1.165, 1.54) is 37.9 Å². The van der Waals surface area contributed by atoms with E-state index in [0.717, 1.165) is 25.6 Å². The van der Waals surface area contributed by atoms with Crippen molar-refractivity contribution in [1.29, 1.82) is 0 Å². The van der Waals surface area contributed by atoms with Crippen molar-refractivity contribution in [2.24, 2.45) is 4.99 Å². The number of rotatable bonds is 5. The van der Waals surface area contributed by atoms with E-state index in [2.05, 4.69) is 44.8 Å². The molecule has 0 saturated carbocycles. The predicted octanol–water partition coefficient (Wildman–Crippen LogP) is 1.84. The smallest absolute Gasteiger partial charge is 0.191 e. The third kappa shape index (κ3) is 5.21. The standard InChI is InChI=1S/C16H26N4/c1-17-16(19-14-15-8-4-2-5-9-15)18-10-13-20-11-6-3-7-12-20/h2,4-5,8-9H,3,6-7,10-14H2,1H3,(H2,17,18,19). The van der Waals surface area contributed by atoms with Crippen LogP contribution < -0.4 is 10.6 Å². The second-order valence-electron chi connectivity index (χ2n) is 5.24. The summed E-state index contributed by atoms with van der Waals surface area (Å²) >= 11 is 0. The van der Waals surface area contributed by atoms with Gasteiger partial charge in [0.25, 0.3) is 0 Å². The second kappa shape index (κ2) is 8.59. The molecule has 110 valence electrons. The molecule has 0 aromatic heterocycles. The Labute approximate surface area is 122 Å². The molecule has 0 unspecified atom stereocenters. The van der Waals surface area contributed by atoms with E-state index >= 15 is 0 Å². The van der Waals surface area contributed by atoms with Crippen LogP contribution in [-0.4, -0.2) is 44.1 Å². The zero-order chi connectivity index (χ0) is 14.0. The average molecular weight is 274 g/mol. The van der Waals surface area contributed by atoms with Gasteiger partial charge in [0.2, 0.25) is 0 Å². The Hall–Kier alpha value is -1.55. The molecule has 1 aliphatic rings. The van der Waals surface area contributed by atoms with E-state index in [4.69, 9.17) is 0 Å². The average Bonchev–Trinajstić information content (AvgIpc) is 2.52. The first-order chi connectivity index (χ1) is 9.88. The number of piperidine rings is 1. The first-order valence-electron chi connectivity index (χ1n) is 7.59. The van der Waals surface area contributed by atoms with Crippen molar-refractivity contribution >= 4 is 5.96 Å². The summed E-state index contributed by atoms with van der Waals surface area (Å²) in [5.74, 6) is 0.880. The lowest BCUT2D eigenvalue weighted by Crippen LogP contribution is -2.42. The van der Waals surface area contributed by atoms with Gasteiger partial charge in [-0.25, -0.2) is 0 Å². The van der Waals surface area contributed by atoms with E-state index < -0.39 is 0 Å². The van der Waals surface area contributed by atoms with E-state index in [1.807, 2.05) is 13.1 Å². The number of nitrogens with zero attached hydrogens (tertiary/aromatic N) is 2. The number of aliphatic imine (C=N–C) groups is 1. The first kappa shape index (κ1) is 14.9. The van der Waals surface area contributed by atoms with Crippen LogP contribution in [0.3, 0.4) is 0 Å². The molecule has 0 aliphatic carbocycles. The number of hydrogen-bond acceptors (Lipinski definition) is 2. The van der Waals surface area contributed by atoms with Crippen LogP contribution in [0.2, 0.25) is 0 Å². The molecule has 0 bridgehead atoms. The Morgan fingerprint density at radius 1 is 1.10 bits per heavy atom. The Kier molecular flexibility index (Phi) is 6.38. The normalized spacial score (nSPS) is 16.9. The van der Waals surface area contributed by atoms with Crippen molar-refractivity contribution in [3.63, 3.8) is 0 Å². The van der Waals surface area contributed by atoms with Crippen LogP contribution in [0.1, 0.15) is 24.8 Å². The summed E-state index contributed by atoms with van der Waals surface area (Å²) < 4.78 is 0. The quantitative estimate of drug-likeness (QED) is 0.636. The lowest BCUT2D eigenvalue weighted by atomic mass is 10.1. The maximum Gasteiger partial charge on any atom is 0.191 e. The van der Waals surface area contributed by atoms with Gasteiger partial charge in [-0.15, -0.1) is 0 Å². The number of hydrogen-bond donors (Lipinski definition) is 2. The minimum Gasteiger partial charge on any atom is -0.355 e. The van der Waals surface area contributed by atoms with Crippen molar-refractivity contribution in [3.05, 3.63) is 35.9 Å². The van der Waals surface area contributed by atoms with Crippen LogP contribution in [0.5, 0.6) is 0 Å². The molecule has 2 N–H and O–H groups in total. The number of benzene rings is 1. The molecule has 0 amide bonds. The molecular weight excluding hydrogens is 248 g/mol. The third-order valence-corrected chi connectivity index (χ3v) is 3.70. The Morgan fingerprint density at radius 3 is 2.55 bits per heavy atom. The summed E-state index contributed by atoms with van der Waals surface area (Å²) in [5.41, 5.74) is 1.27. The minimum atomic E-state index is 0.810. The molecule has 0 atom stereocenters. The van der Waals surface area contributed by atoms with Crippen molar-refractivity contribution in [3.8, 4) is 0 Å². The first-order valence-corrected chi connectivity index (χ1v) is 7.59. The molecule has 1 saturated heterocycles. The number of nitrogens with one attached hydrogen (secondary N) is 2. The molecule has 4 nitrogen and oxygen atoms in total. The fourth-order valence-corrected chi connectivity index (χ4v) is 2.52. The van der Waals surface area contributed by atoms with Gasteiger partial charge < -0.3 is 15.5 Å². The lowest BCUT2D eigenvalue weighted by Gasteiger charge is -2.26. The second-order valence-corrected chi connectivity index (χ2v) is 5.24. The Bertz CT molecular complexity index is 396. The SMILES string of the molecule is CN=C(NCCN1CCCCC1)NCc1ccccc1. The summed E-state index contributed by atoms with van der Waals surface area (Å²) in [4.78, 5) is 6.79. The fraction of sp³-hybridized carbons (Fsp3) is 0.562. The highest BCUT2D eigenvalue weighted by atomic mass is 15.2. The highest BCUT2D eigenvalue weighted by Gasteiger charge is 2.09. The molecule has 2 rings (SSSR count). The van der Waals surface area contributed by atoms with Gasteiger partial charge in [-0.2, -0.15) is 0 Å². The molecular formula is C16H26N4. The summed E-state index contributed by atoms with van der Waals surface area (Å²) in [7, 11) is 1.82. The van der Waals surface area contributed by atoms with Crippen LogP contribution in [0.25, 0.3) is 0 Å². The molecule has 1 aliphatic heterocycles. The number of guanidine groups is 1. The van der Waals surface area contributed by atoms with Crippen LogP contribution in [0, 0.1) is 0 Å². The monoisotopic (exact) mass is 274 g/mol. The van der Waals surface area contributed by atoms with Crippen LogP contribution >= 0.6 is 0 Å². The lowest BCUT2D eigenvalue weighted by molar-refractivity contribution is 0.232. The summed E-state index contributed by atoms with van der Waals surface area (Å²) in [6.45, 7) is 5.36. The van der Waals surface area contributed by atoms with Gasteiger partial charge in [0.1, 0.15) is 0 Å². The highest BCUT2D eigenvalue weighted by Crippen LogP contribution is 2.07. The van der Waals surface area contributed by atoms with E-state index in [0.29, 0.717) is 0 Å². The Morgan fingerprint density at radius 2 is 1.85 bits per heavy atom. The maximum absolute atomic E-state index is 4.26. The van der Waals surface area contributed by atoms with Crippen molar-refractivity contribution in [2.75, 3.05) is 33.2 Å². The third-order valence-electron chi connectivity index (χ3n) is 3.70. The molecule has 20 heavy (non-hydrogen) atoms. The van der Waals surface area contributed by atoms with Crippen LogP contribution in [-0.2, 0) is 6.54 Å². The van der Waals surface area contributed by atoms with Gasteiger partial charge in [0.15, 0.2) is 5.96 Å². The topological polar surface area (TPSA) is 39.7 Å². The molecule has 1 aromatic carbocycles. The zero-order valence-electron chi connectivity index (χ0n) is 12.4. The highest BCUT2D eigenvalue weighted by molar-refractivity contribution is 5.79. The molecule has 0 spiro atoms. The van der Waals surface area contributed by atoms with Gasteiger partial charge in [0.05, 0.1) is 0 Å². The van der Waals surface area contributed by atoms with Gasteiger partial charge in [0, 0.05) is 26.7 Å². The Balaban J connectivity index is 1.65. The van der Waals surface area contributed by atoms with Crippen LogP contribution in [0.15, 0.2) is 35.3 Å². The predicted molar refractivity (Wildman–Crippen MR) is 84.9 cm³/mol. The van der Waals surface area contributed by atoms with Gasteiger partial charge in [-0.05, 0) is 31.5 Å². The van der Waals surface area contributed by atoms with Gasteiger partial charge >= 0.3 is 0 Å². The van der Waals surface area contributed by atoms with Crippen molar-refractivity contribution in [1.82, 2.24) is 15.5 Å². The summed E-state index contributed by atoms with van der Waals surface area (Å²) in [5, 5.41) is 6.73. The van der Waals surface area contributed by atoms with Gasteiger partial charge in [-0.1, -0.05) is 36.8 Å². The fourth-order valence-electron chi connectivity index (χ4n) is 2.52. The van der Waals surface area contributed by atoms with E-state index in [1.54, 1.807) is 0 Å². The molecule has 1 aromatic rings. The van der Waals surface area contributed by atoms with E-state index in [-0.39, 0.29) is 0 Å². The molecule has 1 heterocycles. The summed E-state index contributed by atoms with van der Waals surface area (Å²) in [6.07, 6.45) is 4.09. The van der Waals surface area contributed by atoms with E-state index in [9.17, 15) is 0 Å². The summed E-state index contributed by atoms with van der Waals surface area (Å²) in [6, 6.07) is 10.4. The number of likely N-dealkylation sites (tertiary alicyclic amines) is 1. The molecule has 4 heteroatoms. The maximum atomic E-state index is 4.26. The molecule has 1 fully saturated rings. The zero-order valence-corrected chi connectivity index (χ0v) is 12.4. The minimum absolute atomic E-state index is 0.810. The van der Waals surface area contributed by atoms with Crippen molar-refractivity contribution in [2.45, 2.75) is 25.8 Å².